The van der Waals surface area contributed by atoms with Crippen LogP contribution in [0, 0.1) is 12.7 Å². The Hall–Kier alpha value is -1.22. The third-order valence-corrected chi connectivity index (χ3v) is 2.51. The lowest BCUT2D eigenvalue weighted by Gasteiger charge is -2.14. The number of aryl methyl sites for hydroxylation is 1. The van der Waals surface area contributed by atoms with Crippen molar-refractivity contribution in [1.82, 2.24) is 0 Å². The zero-order valence-electron chi connectivity index (χ0n) is 9.92. The molecule has 0 amide bonds. The Morgan fingerprint density at radius 2 is 2.19 bits per heavy atom. The number of carbonyl (C=O) groups is 1. The maximum Gasteiger partial charge on any atom is 0.166 e. The van der Waals surface area contributed by atoms with Gasteiger partial charge in [-0.1, -0.05) is 19.1 Å². The van der Waals surface area contributed by atoms with Crippen molar-refractivity contribution in [2.24, 2.45) is 0 Å². The maximum absolute atomic E-state index is 13.1. The molecule has 1 unspecified atom stereocenters. The Bertz CT molecular complexity index is 374. The summed E-state index contributed by atoms with van der Waals surface area (Å²) in [6.45, 7) is 3.62. The molecule has 1 atom stereocenters. The second-order valence-electron chi connectivity index (χ2n) is 3.84. The number of hydrogen-bond donors (Lipinski definition) is 0. The first-order valence-electron chi connectivity index (χ1n) is 5.41. The van der Waals surface area contributed by atoms with E-state index in [0.29, 0.717) is 12.0 Å². The number of hydrogen-bond acceptors (Lipinski definition) is 2. The van der Waals surface area contributed by atoms with Crippen LogP contribution in [0.4, 0.5) is 4.39 Å². The van der Waals surface area contributed by atoms with Crippen molar-refractivity contribution in [3.63, 3.8) is 0 Å². The van der Waals surface area contributed by atoms with Gasteiger partial charge in [-0.3, -0.25) is 4.79 Å². The van der Waals surface area contributed by atoms with Crippen LogP contribution in [0.25, 0.3) is 0 Å². The average molecular weight is 224 g/mol. The van der Waals surface area contributed by atoms with E-state index in [2.05, 4.69) is 0 Å². The summed E-state index contributed by atoms with van der Waals surface area (Å²) < 4.78 is 18.3. The Morgan fingerprint density at radius 3 is 2.69 bits per heavy atom. The van der Waals surface area contributed by atoms with Gasteiger partial charge in [0.1, 0.15) is 11.9 Å². The number of halogens is 1. The zero-order chi connectivity index (χ0) is 12.1. The highest BCUT2D eigenvalue weighted by molar-refractivity contribution is 5.84. The fourth-order valence-electron chi connectivity index (χ4n) is 1.66. The quantitative estimate of drug-likeness (QED) is 0.767. The summed E-state index contributed by atoms with van der Waals surface area (Å²) in [6, 6.07) is 4.64. The van der Waals surface area contributed by atoms with Crippen molar-refractivity contribution in [3.05, 3.63) is 35.1 Å². The Morgan fingerprint density at radius 1 is 1.50 bits per heavy atom. The van der Waals surface area contributed by atoms with Crippen molar-refractivity contribution in [2.45, 2.75) is 32.8 Å². The molecule has 0 N–H and O–H groups in total. The molecule has 2 nitrogen and oxygen atoms in total. The summed E-state index contributed by atoms with van der Waals surface area (Å²) in [7, 11) is 1.50. The molecule has 0 aliphatic heterocycles. The van der Waals surface area contributed by atoms with Crippen LogP contribution in [0.2, 0.25) is 0 Å². The third kappa shape index (κ3) is 2.89. The van der Waals surface area contributed by atoms with Crippen LogP contribution in [0.1, 0.15) is 37.0 Å². The molecule has 0 heterocycles. The number of Topliss-reactive ketones (excluding diaryl/α,β-unsaturated/α-hetero) is 1. The predicted molar refractivity (Wildman–Crippen MR) is 60.8 cm³/mol. The number of methoxy groups -OCH3 is 1. The highest BCUT2D eigenvalue weighted by atomic mass is 19.1. The molecule has 3 heteroatoms. The molecular weight excluding hydrogens is 207 g/mol. The van der Waals surface area contributed by atoms with Crippen LogP contribution in [0.5, 0.6) is 0 Å². The molecule has 0 spiro atoms. The molecule has 0 aliphatic rings. The van der Waals surface area contributed by atoms with E-state index in [9.17, 15) is 9.18 Å². The highest BCUT2D eigenvalue weighted by Crippen LogP contribution is 2.22. The van der Waals surface area contributed by atoms with Crippen LogP contribution >= 0.6 is 0 Å². The number of carbonyl (C=O) groups excluding carboxylic acids is 1. The third-order valence-electron chi connectivity index (χ3n) is 2.51. The fraction of sp³-hybridized carbons (Fsp3) is 0.462. The molecule has 16 heavy (non-hydrogen) atoms. The van der Waals surface area contributed by atoms with Gasteiger partial charge in [-0.25, -0.2) is 4.39 Å². The number of ketones is 1. The second-order valence-corrected chi connectivity index (χ2v) is 3.84. The van der Waals surface area contributed by atoms with Crippen LogP contribution in [0.15, 0.2) is 18.2 Å². The highest BCUT2D eigenvalue weighted by Gasteiger charge is 2.19. The topological polar surface area (TPSA) is 26.3 Å². The first-order valence-corrected chi connectivity index (χ1v) is 5.41. The van der Waals surface area contributed by atoms with E-state index in [1.165, 1.54) is 13.2 Å². The van der Waals surface area contributed by atoms with Crippen LogP contribution < -0.4 is 0 Å². The van der Waals surface area contributed by atoms with Gasteiger partial charge in [-0.2, -0.15) is 0 Å². The summed E-state index contributed by atoms with van der Waals surface area (Å²) in [4.78, 5) is 11.8. The molecule has 0 saturated heterocycles. The lowest BCUT2D eigenvalue weighted by molar-refractivity contribution is -0.129. The molecule has 1 rings (SSSR count). The fourth-order valence-corrected chi connectivity index (χ4v) is 1.66. The van der Waals surface area contributed by atoms with Crippen molar-refractivity contribution in [3.8, 4) is 0 Å². The van der Waals surface area contributed by atoms with Gasteiger partial charge in [0.05, 0.1) is 0 Å². The molecule has 88 valence electrons. The molecule has 0 saturated carbocycles. The minimum atomic E-state index is -0.570. The molecule has 1 aromatic rings. The average Bonchev–Trinajstić information content (AvgIpc) is 2.25. The minimum absolute atomic E-state index is 0.0380. The molecule has 0 aliphatic carbocycles. The van der Waals surface area contributed by atoms with E-state index < -0.39 is 6.10 Å². The smallest absolute Gasteiger partial charge is 0.166 e. The van der Waals surface area contributed by atoms with Crippen LogP contribution in [-0.4, -0.2) is 12.9 Å². The second kappa shape index (κ2) is 5.75. The van der Waals surface area contributed by atoms with E-state index >= 15 is 0 Å². The molecular formula is C13H17FO2. The van der Waals surface area contributed by atoms with E-state index in [0.717, 1.165) is 12.0 Å². The van der Waals surface area contributed by atoms with Gasteiger partial charge in [-0.15, -0.1) is 0 Å². The van der Waals surface area contributed by atoms with E-state index in [1.54, 1.807) is 19.1 Å². The molecule has 0 radical (unpaired) electrons. The molecule has 0 bridgehead atoms. The van der Waals surface area contributed by atoms with Crippen LogP contribution in [0.3, 0.4) is 0 Å². The van der Waals surface area contributed by atoms with Gasteiger partial charge >= 0.3 is 0 Å². The van der Waals surface area contributed by atoms with Gasteiger partial charge in [0.15, 0.2) is 5.78 Å². The lowest BCUT2D eigenvalue weighted by Crippen LogP contribution is -2.14. The van der Waals surface area contributed by atoms with Gasteiger partial charge in [0, 0.05) is 13.5 Å². The van der Waals surface area contributed by atoms with E-state index in [4.69, 9.17) is 4.74 Å². The SMILES string of the molecule is CCCC(=O)C(OC)c1ccc(F)c(C)c1. The van der Waals surface area contributed by atoms with Gasteiger partial charge < -0.3 is 4.74 Å². The summed E-state index contributed by atoms with van der Waals surface area (Å²) in [5, 5.41) is 0. The first-order chi connectivity index (χ1) is 7.60. The maximum atomic E-state index is 13.1. The van der Waals surface area contributed by atoms with E-state index in [-0.39, 0.29) is 11.6 Å². The molecule has 0 aromatic heterocycles. The standard InChI is InChI=1S/C13H17FO2/c1-4-5-12(15)13(16-3)10-6-7-11(14)9(2)8-10/h6-8,13H,4-5H2,1-3H3. The Labute approximate surface area is 95.4 Å². The van der Waals surface area contributed by atoms with Crippen molar-refractivity contribution < 1.29 is 13.9 Å². The summed E-state index contributed by atoms with van der Waals surface area (Å²) in [5.74, 6) is -0.224. The Balaban J connectivity index is 2.95. The largest absolute Gasteiger partial charge is 0.369 e. The molecule has 0 fully saturated rings. The Kier molecular flexibility index (Phi) is 4.62. The summed E-state index contributed by atoms with van der Waals surface area (Å²) >= 11 is 0. The lowest BCUT2D eigenvalue weighted by atomic mass is 10.0. The van der Waals surface area contributed by atoms with Gasteiger partial charge in [0.25, 0.3) is 0 Å². The van der Waals surface area contributed by atoms with Crippen molar-refractivity contribution >= 4 is 5.78 Å². The minimum Gasteiger partial charge on any atom is -0.369 e. The van der Waals surface area contributed by atoms with Crippen LogP contribution in [-0.2, 0) is 9.53 Å². The monoisotopic (exact) mass is 224 g/mol. The zero-order valence-corrected chi connectivity index (χ0v) is 9.92. The van der Waals surface area contributed by atoms with Gasteiger partial charge in [0.2, 0.25) is 0 Å². The first kappa shape index (κ1) is 12.8. The normalized spacial score (nSPS) is 12.5. The summed E-state index contributed by atoms with van der Waals surface area (Å²) in [6.07, 6.45) is 0.701. The number of ether oxygens (including phenoxy) is 1. The van der Waals surface area contributed by atoms with E-state index in [1.807, 2.05) is 6.92 Å². The summed E-state index contributed by atoms with van der Waals surface area (Å²) in [5.41, 5.74) is 1.25. The number of benzene rings is 1. The van der Waals surface area contributed by atoms with Gasteiger partial charge in [-0.05, 0) is 30.5 Å². The van der Waals surface area contributed by atoms with Crippen molar-refractivity contribution in [2.75, 3.05) is 7.11 Å². The predicted octanol–water partition coefficient (Wildman–Crippen LogP) is 3.19. The van der Waals surface area contributed by atoms with Crippen molar-refractivity contribution in [1.29, 1.82) is 0 Å². The number of rotatable bonds is 5. The molecule has 1 aromatic carbocycles.